The minimum atomic E-state index is -0.975. The van der Waals surface area contributed by atoms with Crippen molar-refractivity contribution in [2.75, 3.05) is 0 Å². The summed E-state index contributed by atoms with van der Waals surface area (Å²) < 4.78 is 0. The van der Waals surface area contributed by atoms with E-state index in [-0.39, 0.29) is 5.00 Å². The molecule has 0 aliphatic carbocycles. The number of allylic oxidation sites excluding steroid dienone is 6. The molecule has 1 aromatic heterocycles. The average Bonchev–Trinajstić information content (AvgIpc) is 2.77. The van der Waals surface area contributed by atoms with Gasteiger partial charge in [-0.2, -0.15) is 0 Å². The third-order valence-electron chi connectivity index (χ3n) is 2.69. The van der Waals surface area contributed by atoms with Crippen LogP contribution in [0.1, 0.15) is 24.3 Å². The van der Waals surface area contributed by atoms with Crippen LogP contribution in [0, 0.1) is 17.0 Å². The number of nitro groups is 1. The molecule has 1 heterocycles. The van der Waals surface area contributed by atoms with Gasteiger partial charge in [-0.3, -0.25) is 10.1 Å². The number of carboxylic acids is 1. The zero-order valence-corrected chi connectivity index (χ0v) is 13.4. The zero-order valence-electron chi connectivity index (χ0n) is 12.6. The second kappa shape index (κ2) is 8.09. The van der Waals surface area contributed by atoms with Gasteiger partial charge in [0, 0.05) is 17.0 Å². The fraction of sp³-hybridized carbons (Fsp3) is 0.188. The average molecular weight is 319 g/mol. The van der Waals surface area contributed by atoms with Crippen molar-refractivity contribution in [1.82, 2.24) is 0 Å². The lowest BCUT2D eigenvalue weighted by atomic mass is 10.2. The molecular formula is C16H17NO4S. The number of thiophene rings is 1. The topological polar surface area (TPSA) is 80.4 Å². The Morgan fingerprint density at radius 3 is 2.55 bits per heavy atom. The molecule has 0 unspecified atom stereocenters. The van der Waals surface area contributed by atoms with Crippen LogP contribution >= 0.6 is 11.3 Å². The smallest absolute Gasteiger partial charge is 0.328 e. The zero-order chi connectivity index (χ0) is 16.7. The summed E-state index contributed by atoms with van der Waals surface area (Å²) in [5, 5.41) is 19.4. The Morgan fingerprint density at radius 2 is 2.00 bits per heavy atom. The summed E-state index contributed by atoms with van der Waals surface area (Å²) >= 11 is 1.14. The Hall–Kier alpha value is -2.47. The number of hydrogen-bond donors (Lipinski definition) is 1. The summed E-state index contributed by atoms with van der Waals surface area (Å²) in [6, 6.07) is 1.56. The van der Waals surface area contributed by atoms with E-state index in [9.17, 15) is 14.9 Å². The quantitative estimate of drug-likeness (QED) is 0.362. The third kappa shape index (κ3) is 5.88. The van der Waals surface area contributed by atoms with Gasteiger partial charge in [-0.1, -0.05) is 41.2 Å². The lowest BCUT2D eigenvalue weighted by molar-refractivity contribution is -0.380. The van der Waals surface area contributed by atoms with Crippen molar-refractivity contribution in [2.45, 2.75) is 20.8 Å². The lowest BCUT2D eigenvalue weighted by Crippen LogP contribution is -1.87. The fourth-order valence-electron chi connectivity index (χ4n) is 1.59. The van der Waals surface area contributed by atoms with Crippen molar-refractivity contribution in [3.63, 3.8) is 0 Å². The first-order chi connectivity index (χ1) is 10.3. The molecule has 0 bridgehead atoms. The van der Waals surface area contributed by atoms with Crippen molar-refractivity contribution >= 4 is 28.4 Å². The predicted molar refractivity (Wildman–Crippen MR) is 89.0 cm³/mol. The summed E-state index contributed by atoms with van der Waals surface area (Å²) in [5.74, 6) is -0.975. The second-order valence-electron chi connectivity index (χ2n) is 4.72. The predicted octanol–water partition coefficient (Wildman–Crippen LogP) is 4.51. The number of aliphatic carboxylic acids is 1. The molecule has 1 rings (SSSR count). The summed E-state index contributed by atoms with van der Waals surface area (Å²) in [4.78, 5) is 21.6. The van der Waals surface area contributed by atoms with Gasteiger partial charge in [-0.15, -0.1) is 0 Å². The van der Waals surface area contributed by atoms with E-state index >= 15 is 0 Å². The van der Waals surface area contributed by atoms with Gasteiger partial charge in [0.05, 0.1) is 4.92 Å². The van der Waals surface area contributed by atoms with Gasteiger partial charge in [0.2, 0.25) is 0 Å². The number of carbonyl (C=O) groups is 1. The second-order valence-corrected chi connectivity index (χ2v) is 5.78. The van der Waals surface area contributed by atoms with Crippen molar-refractivity contribution in [1.29, 1.82) is 0 Å². The van der Waals surface area contributed by atoms with Crippen LogP contribution in [0.4, 0.5) is 5.00 Å². The minimum Gasteiger partial charge on any atom is -0.478 e. The highest BCUT2D eigenvalue weighted by Gasteiger charge is 2.11. The Bertz CT molecular complexity index is 693. The van der Waals surface area contributed by atoms with Gasteiger partial charge in [-0.25, -0.2) is 4.79 Å². The number of rotatable bonds is 6. The maximum Gasteiger partial charge on any atom is 0.328 e. The number of nitrogens with zero attached hydrogens (tertiary/aromatic N) is 1. The van der Waals surface area contributed by atoms with Gasteiger partial charge in [0.1, 0.15) is 0 Å². The van der Waals surface area contributed by atoms with E-state index in [1.807, 2.05) is 32.1 Å². The van der Waals surface area contributed by atoms with Crippen LogP contribution < -0.4 is 0 Å². The summed E-state index contributed by atoms with van der Waals surface area (Å²) in [6.07, 6.45) is 10.1. The van der Waals surface area contributed by atoms with Crippen LogP contribution in [0.2, 0.25) is 0 Å². The molecule has 0 aliphatic heterocycles. The molecule has 0 amide bonds. The Balaban J connectivity index is 2.77. The van der Waals surface area contributed by atoms with E-state index in [1.165, 1.54) is 0 Å². The number of carboxylic acid groups (broad SMARTS) is 1. The molecule has 0 aromatic carbocycles. The van der Waals surface area contributed by atoms with Gasteiger partial charge >= 0.3 is 11.0 Å². The molecule has 6 heteroatoms. The van der Waals surface area contributed by atoms with E-state index < -0.39 is 10.9 Å². The highest BCUT2D eigenvalue weighted by Crippen LogP contribution is 2.29. The molecule has 1 N–H and O–H groups in total. The minimum absolute atomic E-state index is 0.133. The van der Waals surface area contributed by atoms with Crippen molar-refractivity contribution < 1.29 is 14.8 Å². The lowest BCUT2D eigenvalue weighted by Gasteiger charge is -1.91. The molecule has 0 aliphatic rings. The molecule has 116 valence electrons. The van der Waals surface area contributed by atoms with Gasteiger partial charge in [0.25, 0.3) is 0 Å². The SMILES string of the molecule is CC(C=Cc1sc([N+](=O)[O-])cc1C)=CC=CC(C)=CC(=O)O. The summed E-state index contributed by atoms with van der Waals surface area (Å²) in [7, 11) is 0. The van der Waals surface area contributed by atoms with E-state index in [2.05, 4.69) is 0 Å². The van der Waals surface area contributed by atoms with Crippen LogP contribution in [0.15, 0.2) is 47.6 Å². The van der Waals surface area contributed by atoms with Gasteiger partial charge in [-0.05, 0) is 38.0 Å². The molecule has 0 saturated heterocycles. The summed E-state index contributed by atoms with van der Waals surface area (Å²) in [6.45, 7) is 5.44. The summed E-state index contributed by atoms with van der Waals surface area (Å²) in [5.41, 5.74) is 2.47. The maximum atomic E-state index is 10.7. The van der Waals surface area contributed by atoms with E-state index in [0.717, 1.165) is 33.4 Å². The molecule has 22 heavy (non-hydrogen) atoms. The van der Waals surface area contributed by atoms with Crippen LogP contribution in [-0.2, 0) is 4.79 Å². The van der Waals surface area contributed by atoms with E-state index in [1.54, 1.807) is 25.1 Å². The van der Waals surface area contributed by atoms with Crippen molar-refractivity contribution in [3.8, 4) is 0 Å². The molecule has 1 aromatic rings. The molecule has 0 atom stereocenters. The molecule has 0 fully saturated rings. The molecule has 0 radical (unpaired) electrons. The van der Waals surface area contributed by atoms with Crippen molar-refractivity contribution in [2.24, 2.45) is 0 Å². The largest absolute Gasteiger partial charge is 0.478 e. The standard InChI is InChI=1S/C16H17NO4S/c1-11(5-4-6-12(2)9-16(18)19)7-8-14-13(3)10-15(22-14)17(20)21/h4-10H,1-3H3,(H,18,19). The van der Waals surface area contributed by atoms with E-state index in [0.29, 0.717) is 5.57 Å². The van der Waals surface area contributed by atoms with Crippen LogP contribution in [0.3, 0.4) is 0 Å². The highest BCUT2D eigenvalue weighted by molar-refractivity contribution is 7.16. The fourth-order valence-corrected chi connectivity index (χ4v) is 2.48. The molecular weight excluding hydrogens is 302 g/mol. The normalized spacial score (nSPS) is 13.2. The van der Waals surface area contributed by atoms with Crippen LogP contribution in [0.25, 0.3) is 6.08 Å². The van der Waals surface area contributed by atoms with Crippen LogP contribution in [-0.4, -0.2) is 16.0 Å². The number of aryl methyl sites for hydroxylation is 1. The molecule has 0 saturated carbocycles. The van der Waals surface area contributed by atoms with E-state index in [4.69, 9.17) is 5.11 Å². The van der Waals surface area contributed by atoms with Gasteiger partial charge in [0.15, 0.2) is 0 Å². The molecule has 5 nitrogen and oxygen atoms in total. The third-order valence-corrected chi connectivity index (χ3v) is 3.84. The number of hydrogen-bond acceptors (Lipinski definition) is 4. The first-order valence-electron chi connectivity index (χ1n) is 6.48. The first kappa shape index (κ1) is 17.6. The molecule has 0 spiro atoms. The first-order valence-corrected chi connectivity index (χ1v) is 7.30. The van der Waals surface area contributed by atoms with Gasteiger partial charge < -0.3 is 5.11 Å². The maximum absolute atomic E-state index is 10.7. The van der Waals surface area contributed by atoms with Crippen molar-refractivity contribution in [3.05, 3.63) is 68.1 Å². The monoisotopic (exact) mass is 319 g/mol. The highest BCUT2D eigenvalue weighted by atomic mass is 32.1. The van der Waals surface area contributed by atoms with Crippen LogP contribution in [0.5, 0.6) is 0 Å². The Kier molecular flexibility index (Phi) is 6.47. The Morgan fingerprint density at radius 1 is 1.32 bits per heavy atom. The Labute approximate surface area is 132 Å².